The van der Waals surface area contributed by atoms with E-state index in [1.165, 1.54) is 50.5 Å². The van der Waals surface area contributed by atoms with Gasteiger partial charge in [0.2, 0.25) is 11.7 Å². The van der Waals surface area contributed by atoms with Gasteiger partial charge in [0.15, 0.2) is 16.6 Å². The van der Waals surface area contributed by atoms with E-state index < -0.39 is 17.1 Å². The molecule has 1 heterocycles. The van der Waals surface area contributed by atoms with E-state index in [2.05, 4.69) is 20.9 Å². The first kappa shape index (κ1) is 34.7. The van der Waals surface area contributed by atoms with Crippen LogP contribution in [0.15, 0.2) is 113 Å². The van der Waals surface area contributed by atoms with E-state index in [1.807, 2.05) is 54.8 Å². The molecule has 1 aromatic heterocycles. The third-order valence-electron chi connectivity index (χ3n) is 7.08. The summed E-state index contributed by atoms with van der Waals surface area (Å²) in [5.41, 5.74) is 3.06. The van der Waals surface area contributed by atoms with Gasteiger partial charge in [0.05, 0.1) is 27.0 Å². The van der Waals surface area contributed by atoms with Crippen molar-refractivity contribution in [1.82, 2.24) is 10.3 Å². The van der Waals surface area contributed by atoms with Gasteiger partial charge in [-0.25, -0.2) is 4.98 Å². The fraction of sp³-hybridized carbons (Fsp3) is 0.135. The van der Waals surface area contributed by atoms with Crippen LogP contribution in [-0.4, -0.2) is 44.0 Å². The van der Waals surface area contributed by atoms with Gasteiger partial charge in [-0.1, -0.05) is 48.5 Å². The van der Waals surface area contributed by atoms with E-state index in [9.17, 15) is 14.4 Å². The molecule has 3 N–H and O–H groups in total. The Morgan fingerprint density at radius 3 is 2.02 bits per heavy atom. The van der Waals surface area contributed by atoms with Gasteiger partial charge in [-0.2, -0.15) is 0 Å². The Balaban J connectivity index is 1.38. The summed E-state index contributed by atoms with van der Waals surface area (Å²) in [4.78, 5) is 45.4. The number of benzene rings is 4. The maximum atomic E-state index is 13.7. The number of rotatable bonds is 13. The van der Waals surface area contributed by atoms with Gasteiger partial charge in [-0.05, 0) is 72.7 Å². The van der Waals surface area contributed by atoms with Crippen molar-refractivity contribution >= 4 is 57.7 Å². The highest BCUT2D eigenvalue weighted by Gasteiger charge is 2.23. The van der Waals surface area contributed by atoms with Crippen molar-refractivity contribution in [3.8, 4) is 17.2 Å². The molecule has 250 valence electrons. The normalized spacial score (nSPS) is 11.6. The van der Waals surface area contributed by atoms with E-state index in [0.717, 1.165) is 16.2 Å². The minimum absolute atomic E-state index is 0.0141. The van der Waals surface area contributed by atoms with Crippen LogP contribution in [0, 0.1) is 6.92 Å². The van der Waals surface area contributed by atoms with Gasteiger partial charge in [-0.3, -0.25) is 14.4 Å². The molecule has 5 rings (SSSR count). The second-order valence-corrected chi connectivity index (χ2v) is 12.5. The maximum Gasteiger partial charge on any atom is 0.272 e. The molecule has 0 saturated carbocycles. The number of amides is 3. The molecule has 0 bridgehead atoms. The highest BCUT2D eigenvalue weighted by molar-refractivity contribution is 8.00. The molecule has 0 radical (unpaired) electrons. The van der Waals surface area contributed by atoms with Crippen LogP contribution in [0.25, 0.3) is 6.08 Å². The number of carbonyl (C=O) groups is 3. The molecule has 0 fully saturated rings. The summed E-state index contributed by atoms with van der Waals surface area (Å²) in [5.74, 6) is -0.0411. The Labute approximate surface area is 292 Å². The summed E-state index contributed by atoms with van der Waals surface area (Å²) in [7, 11) is 4.49. The summed E-state index contributed by atoms with van der Waals surface area (Å²) in [5, 5.41) is 10.4. The molecule has 0 spiro atoms. The van der Waals surface area contributed by atoms with Gasteiger partial charge >= 0.3 is 0 Å². The Hall–Kier alpha value is -5.59. The number of nitrogens with zero attached hydrogens (tertiary/aromatic N) is 1. The van der Waals surface area contributed by atoms with Crippen molar-refractivity contribution in [3.63, 3.8) is 0 Å². The predicted molar refractivity (Wildman–Crippen MR) is 194 cm³/mol. The van der Waals surface area contributed by atoms with E-state index in [1.54, 1.807) is 54.6 Å². The van der Waals surface area contributed by atoms with Crippen LogP contribution in [0.5, 0.6) is 17.2 Å². The molecule has 0 aliphatic heterocycles. The molecule has 3 amide bonds. The summed E-state index contributed by atoms with van der Waals surface area (Å²) >= 11 is 2.75. The topological polar surface area (TPSA) is 128 Å². The van der Waals surface area contributed by atoms with E-state index >= 15 is 0 Å². The van der Waals surface area contributed by atoms with Crippen LogP contribution in [0.1, 0.15) is 32.4 Å². The average Bonchev–Trinajstić information content (AvgIpc) is 3.54. The number of ether oxygens (including phenoxy) is 3. The molecule has 5 aromatic rings. The number of nitrogens with one attached hydrogen (secondary N) is 3. The van der Waals surface area contributed by atoms with Gasteiger partial charge in [0, 0.05) is 21.5 Å². The van der Waals surface area contributed by atoms with Crippen molar-refractivity contribution in [3.05, 3.63) is 131 Å². The molecule has 4 aromatic carbocycles. The summed E-state index contributed by atoms with van der Waals surface area (Å²) in [6.07, 6.45) is 1.53. The summed E-state index contributed by atoms with van der Waals surface area (Å²) in [6, 6.07) is 28.5. The third kappa shape index (κ3) is 9.06. The Kier molecular flexibility index (Phi) is 11.7. The quantitative estimate of drug-likeness (QED) is 0.0862. The van der Waals surface area contributed by atoms with Crippen LogP contribution in [-0.2, 0) is 9.59 Å². The Bertz CT molecular complexity index is 1920. The lowest BCUT2D eigenvalue weighted by atomic mass is 10.1. The fourth-order valence-corrected chi connectivity index (χ4v) is 6.44. The van der Waals surface area contributed by atoms with Crippen LogP contribution in [0.4, 0.5) is 10.8 Å². The largest absolute Gasteiger partial charge is 0.493 e. The third-order valence-corrected chi connectivity index (χ3v) is 9.22. The Morgan fingerprint density at radius 2 is 1.45 bits per heavy atom. The number of carbonyl (C=O) groups excluding carboxylic acids is 3. The number of methoxy groups -OCH3 is 3. The van der Waals surface area contributed by atoms with Gasteiger partial charge in [-0.15, -0.1) is 23.1 Å². The maximum absolute atomic E-state index is 13.7. The van der Waals surface area contributed by atoms with Crippen molar-refractivity contribution in [2.45, 2.75) is 17.1 Å². The molecular formula is C37H34N4O6S2. The SMILES string of the molecule is COc1cc(/C=C(\NC(=O)c2ccccc2)C(=O)Nc2ccc(SC(C(=O)Nc3nc(C)cs3)c3ccccc3)cc2)cc(OC)c1OC. The first-order chi connectivity index (χ1) is 23.8. The number of hydrogen-bond donors (Lipinski definition) is 3. The number of aryl methyl sites for hydroxylation is 1. The standard InChI is InChI=1S/C37H34N4O6S2/c1-23-22-48-37(38-23)41-36(44)33(25-11-7-5-8-12-25)49-28-17-15-27(16-18-28)39-35(43)29(40-34(42)26-13-9-6-10-14-26)19-24-20-30(45-2)32(47-4)31(21-24)46-3/h5-22,33H,1-4H3,(H,39,43)(H,40,42)(H,38,41,44)/b29-19-. The molecule has 0 saturated heterocycles. The van der Waals surface area contributed by atoms with Crippen LogP contribution in [0.2, 0.25) is 0 Å². The molecular weight excluding hydrogens is 661 g/mol. The number of hydrogen-bond acceptors (Lipinski definition) is 9. The minimum atomic E-state index is -0.557. The smallest absolute Gasteiger partial charge is 0.272 e. The zero-order valence-corrected chi connectivity index (χ0v) is 28.8. The van der Waals surface area contributed by atoms with Crippen molar-refractivity contribution in [2.75, 3.05) is 32.0 Å². The fourth-order valence-electron chi connectivity index (χ4n) is 4.73. The average molecular weight is 695 g/mol. The molecule has 1 unspecified atom stereocenters. The second kappa shape index (κ2) is 16.5. The Morgan fingerprint density at radius 1 is 0.816 bits per heavy atom. The number of aromatic nitrogens is 1. The van der Waals surface area contributed by atoms with Crippen molar-refractivity contribution in [2.24, 2.45) is 0 Å². The molecule has 12 heteroatoms. The van der Waals surface area contributed by atoms with E-state index in [0.29, 0.717) is 39.2 Å². The van der Waals surface area contributed by atoms with Gasteiger partial charge in [0.1, 0.15) is 10.9 Å². The first-order valence-electron chi connectivity index (χ1n) is 15.0. The summed E-state index contributed by atoms with van der Waals surface area (Å²) in [6.45, 7) is 1.87. The number of thiazole rings is 1. The van der Waals surface area contributed by atoms with Crippen molar-refractivity contribution < 1.29 is 28.6 Å². The predicted octanol–water partition coefficient (Wildman–Crippen LogP) is 7.36. The lowest BCUT2D eigenvalue weighted by molar-refractivity contribution is -0.116. The molecule has 10 nitrogen and oxygen atoms in total. The number of anilines is 2. The lowest BCUT2D eigenvalue weighted by Gasteiger charge is -2.17. The van der Waals surface area contributed by atoms with Crippen LogP contribution in [0.3, 0.4) is 0 Å². The zero-order valence-electron chi connectivity index (χ0n) is 27.2. The zero-order chi connectivity index (χ0) is 34.8. The van der Waals surface area contributed by atoms with E-state index in [4.69, 9.17) is 14.2 Å². The first-order valence-corrected chi connectivity index (χ1v) is 16.8. The van der Waals surface area contributed by atoms with Crippen LogP contribution < -0.4 is 30.2 Å². The monoisotopic (exact) mass is 694 g/mol. The molecule has 0 aliphatic rings. The highest BCUT2D eigenvalue weighted by Crippen LogP contribution is 2.39. The minimum Gasteiger partial charge on any atom is -0.493 e. The van der Waals surface area contributed by atoms with E-state index in [-0.39, 0.29) is 11.6 Å². The van der Waals surface area contributed by atoms with Crippen LogP contribution >= 0.6 is 23.1 Å². The molecule has 0 aliphatic carbocycles. The molecule has 1 atom stereocenters. The molecule has 49 heavy (non-hydrogen) atoms. The van der Waals surface area contributed by atoms with Crippen molar-refractivity contribution in [1.29, 1.82) is 0 Å². The lowest BCUT2D eigenvalue weighted by Crippen LogP contribution is -2.30. The number of thioether (sulfide) groups is 1. The summed E-state index contributed by atoms with van der Waals surface area (Å²) < 4.78 is 16.4. The van der Waals surface area contributed by atoms with Gasteiger partial charge < -0.3 is 30.2 Å². The van der Waals surface area contributed by atoms with Gasteiger partial charge in [0.25, 0.3) is 11.8 Å². The highest BCUT2D eigenvalue weighted by atomic mass is 32.2. The second-order valence-electron chi connectivity index (χ2n) is 10.5.